The van der Waals surface area contributed by atoms with Gasteiger partial charge in [-0.05, 0) is 19.9 Å². The van der Waals surface area contributed by atoms with Gasteiger partial charge in [0.25, 0.3) is 5.95 Å². The van der Waals surface area contributed by atoms with E-state index in [0.29, 0.717) is 11.5 Å². The van der Waals surface area contributed by atoms with Crippen LogP contribution in [0.1, 0.15) is 27.2 Å². The molecule has 4 rings (SSSR count). The summed E-state index contributed by atoms with van der Waals surface area (Å²) in [6.45, 7) is 4.01. The number of aromatic nitrogens is 5. The molecule has 0 atom stereocenters. The van der Waals surface area contributed by atoms with Gasteiger partial charge in [-0.2, -0.15) is 4.68 Å². The van der Waals surface area contributed by atoms with E-state index in [1.54, 1.807) is 24.5 Å². The lowest BCUT2D eigenvalue weighted by atomic mass is 10.1. The predicted molar refractivity (Wildman–Crippen MR) is 102 cm³/mol. The average Bonchev–Trinajstić information content (AvgIpc) is 3.19. The van der Waals surface area contributed by atoms with Crippen LogP contribution in [0.3, 0.4) is 0 Å². The number of hydrogen-bond donors (Lipinski definition) is 0. The number of nitrogens with zero attached hydrogens (tertiary/aromatic N) is 5. The molecular formula is C21H17N5O. The van der Waals surface area contributed by atoms with Crippen molar-refractivity contribution in [2.24, 2.45) is 0 Å². The number of carbonyl (C=O) groups excluding carboxylic acids is 1. The van der Waals surface area contributed by atoms with Crippen molar-refractivity contribution in [3.05, 3.63) is 89.4 Å². The van der Waals surface area contributed by atoms with Crippen molar-refractivity contribution in [2.75, 3.05) is 0 Å². The maximum atomic E-state index is 12.6. The third kappa shape index (κ3) is 3.50. The molecule has 0 fully saturated rings. The molecule has 6 heteroatoms. The summed E-state index contributed by atoms with van der Waals surface area (Å²) in [5.74, 6) is 0.180. The van der Waals surface area contributed by atoms with Gasteiger partial charge >= 0.3 is 0 Å². The summed E-state index contributed by atoms with van der Waals surface area (Å²) in [6.07, 6.45) is 3.22. The first-order chi connectivity index (χ1) is 13.1. The SMILES string of the molecule is Cc1ccc(C(=O)c2cn(-c3nccc(-c4ccc(C)cc4)n3)nn2)cc1. The van der Waals surface area contributed by atoms with Crippen molar-refractivity contribution >= 4 is 5.78 Å². The van der Waals surface area contributed by atoms with Gasteiger partial charge < -0.3 is 0 Å². The Kier molecular flexibility index (Phi) is 4.30. The second kappa shape index (κ2) is 6.92. The molecule has 0 saturated heterocycles. The van der Waals surface area contributed by atoms with Gasteiger partial charge in [-0.15, -0.1) is 5.10 Å². The van der Waals surface area contributed by atoms with Gasteiger partial charge in [0.2, 0.25) is 5.78 Å². The van der Waals surface area contributed by atoms with Crippen LogP contribution in [-0.4, -0.2) is 30.7 Å². The number of ketones is 1. The van der Waals surface area contributed by atoms with E-state index < -0.39 is 0 Å². The Balaban J connectivity index is 1.63. The van der Waals surface area contributed by atoms with Crippen LogP contribution in [-0.2, 0) is 0 Å². The molecule has 2 aromatic carbocycles. The zero-order valence-corrected chi connectivity index (χ0v) is 15.0. The molecule has 0 spiro atoms. The summed E-state index contributed by atoms with van der Waals surface area (Å²) in [5.41, 5.74) is 4.87. The van der Waals surface area contributed by atoms with Gasteiger partial charge in [-0.25, -0.2) is 9.97 Å². The number of hydrogen-bond acceptors (Lipinski definition) is 5. The van der Waals surface area contributed by atoms with E-state index in [2.05, 4.69) is 20.3 Å². The lowest BCUT2D eigenvalue weighted by Gasteiger charge is -2.03. The molecule has 132 valence electrons. The fourth-order valence-electron chi connectivity index (χ4n) is 2.66. The highest BCUT2D eigenvalue weighted by molar-refractivity contribution is 6.07. The first kappa shape index (κ1) is 16.8. The highest BCUT2D eigenvalue weighted by Gasteiger charge is 2.15. The van der Waals surface area contributed by atoms with E-state index in [1.165, 1.54) is 10.2 Å². The van der Waals surface area contributed by atoms with E-state index in [9.17, 15) is 4.79 Å². The lowest BCUT2D eigenvalue weighted by molar-refractivity contribution is 0.103. The Bertz CT molecular complexity index is 1100. The van der Waals surface area contributed by atoms with Crippen molar-refractivity contribution in [1.82, 2.24) is 25.0 Å². The maximum absolute atomic E-state index is 12.6. The first-order valence-electron chi connectivity index (χ1n) is 8.54. The second-order valence-electron chi connectivity index (χ2n) is 6.35. The van der Waals surface area contributed by atoms with Crippen LogP contribution in [0.2, 0.25) is 0 Å². The van der Waals surface area contributed by atoms with E-state index >= 15 is 0 Å². The average molecular weight is 355 g/mol. The van der Waals surface area contributed by atoms with E-state index in [4.69, 9.17) is 0 Å². The molecule has 0 unspecified atom stereocenters. The molecule has 0 N–H and O–H groups in total. The van der Waals surface area contributed by atoms with Crippen LogP contribution in [0.15, 0.2) is 67.0 Å². The van der Waals surface area contributed by atoms with Gasteiger partial charge in [-0.3, -0.25) is 4.79 Å². The molecule has 4 aromatic rings. The fourth-order valence-corrected chi connectivity index (χ4v) is 2.66. The zero-order chi connectivity index (χ0) is 18.8. The molecule has 0 bridgehead atoms. The summed E-state index contributed by atoms with van der Waals surface area (Å²) in [7, 11) is 0. The minimum absolute atomic E-state index is 0.184. The Morgan fingerprint density at radius 2 is 1.56 bits per heavy atom. The van der Waals surface area contributed by atoms with Crippen LogP contribution in [0.5, 0.6) is 0 Å². The van der Waals surface area contributed by atoms with E-state index in [-0.39, 0.29) is 11.5 Å². The van der Waals surface area contributed by atoms with Gasteiger partial charge in [-0.1, -0.05) is 64.9 Å². The largest absolute Gasteiger partial charge is 0.287 e. The van der Waals surface area contributed by atoms with Crippen molar-refractivity contribution in [2.45, 2.75) is 13.8 Å². The van der Waals surface area contributed by atoms with E-state index in [1.807, 2.05) is 56.3 Å². The van der Waals surface area contributed by atoms with Crippen LogP contribution >= 0.6 is 0 Å². The Labute approximate surface area is 156 Å². The summed E-state index contributed by atoms with van der Waals surface area (Å²) in [5, 5.41) is 8.01. The number of carbonyl (C=O) groups is 1. The summed E-state index contributed by atoms with van der Waals surface area (Å²) >= 11 is 0. The van der Waals surface area contributed by atoms with Crippen LogP contribution in [0, 0.1) is 13.8 Å². The fraction of sp³-hybridized carbons (Fsp3) is 0.0952. The Hall–Kier alpha value is -3.67. The topological polar surface area (TPSA) is 73.6 Å². The van der Waals surface area contributed by atoms with E-state index in [0.717, 1.165) is 16.8 Å². The summed E-state index contributed by atoms with van der Waals surface area (Å²) < 4.78 is 1.42. The molecule has 2 heterocycles. The van der Waals surface area contributed by atoms with Crippen LogP contribution < -0.4 is 0 Å². The van der Waals surface area contributed by atoms with Crippen LogP contribution in [0.4, 0.5) is 0 Å². The Morgan fingerprint density at radius 3 is 2.26 bits per heavy atom. The van der Waals surface area contributed by atoms with Crippen molar-refractivity contribution in [3.63, 3.8) is 0 Å². The Morgan fingerprint density at radius 1 is 0.889 bits per heavy atom. The molecule has 2 aromatic heterocycles. The van der Waals surface area contributed by atoms with Crippen molar-refractivity contribution in [1.29, 1.82) is 0 Å². The standard InChI is InChI=1S/C21H17N5O/c1-14-3-7-16(8-4-14)18-11-12-22-21(23-18)26-13-19(24-25-26)20(27)17-9-5-15(2)6-10-17/h3-13H,1-2H3. The van der Waals surface area contributed by atoms with Gasteiger partial charge in [0.15, 0.2) is 5.69 Å². The second-order valence-corrected chi connectivity index (χ2v) is 6.35. The molecule has 27 heavy (non-hydrogen) atoms. The van der Waals surface area contributed by atoms with Gasteiger partial charge in [0.1, 0.15) is 0 Å². The minimum atomic E-state index is -0.184. The monoisotopic (exact) mass is 355 g/mol. The molecule has 0 saturated carbocycles. The highest BCUT2D eigenvalue weighted by Crippen LogP contribution is 2.18. The van der Waals surface area contributed by atoms with Gasteiger partial charge in [0.05, 0.1) is 11.9 Å². The summed E-state index contributed by atoms with van der Waals surface area (Å²) in [4.78, 5) is 21.4. The normalized spacial score (nSPS) is 10.7. The quantitative estimate of drug-likeness (QED) is 0.523. The maximum Gasteiger partial charge on any atom is 0.252 e. The first-order valence-corrected chi connectivity index (χ1v) is 8.54. The number of rotatable bonds is 4. The molecule has 0 aliphatic rings. The van der Waals surface area contributed by atoms with Crippen molar-refractivity contribution < 1.29 is 4.79 Å². The third-order valence-electron chi connectivity index (χ3n) is 4.23. The predicted octanol–water partition coefficient (Wildman–Crippen LogP) is 3.57. The number of benzene rings is 2. The smallest absolute Gasteiger partial charge is 0.252 e. The summed E-state index contributed by atoms with van der Waals surface area (Å²) in [6, 6.07) is 17.3. The molecule has 0 radical (unpaired) electrons. The molecule has 6 nitrogen and oxygen atoms in total. The zero-order valence-electron chi connectivity index (χ0n) is 15.0. The van der Waals surface area contributed by atoms with Crippen molar-refractivity contribution in [3.8, 4) is 17.2 Å². The molecule has 0 aliphatic heterocycles. The highest BCUT2D eigenvalue weighted by atomic mass is 16.1. The number of aryl methyl sites for hydroxylation is 2. The minimum Gasteiger partial charge on any atom is -0.287 e. The molecule has 0 amide bonds. The lowest BCUT2D eigenvalue weighted by Crippen LogP contribution is -2.03. The molecule has 0 aliphatic carbocycles. The third-order valence-corrected chi connectivity index (χ3v) is 4.23. The van der Waals surface area contributed by atoms with Crippen LogP contribution in [0.25, 0.3) is 17.2 Å². The van der Waals surface area contributed by atoms with Gasteiger partial charge in [0, 0.05) is 17.3 Å². The molecular weight excluding hydrogens is 338 g/mol.